The SMILES string of the molecule is CCNC(=O)c1ccc(OCc2ccc(C(=O)OC)o2)cc1. The monoisotopic (exact) mass is 303 g/mol. The number of hydrogen-bond donors (Lipinski definition) is 1. The van der Waals surface area contributed by atoms with E-state index in [1.54, 1.807) is 30.3 Å². The van der Waals surface area contributed by atoms with Crippen molar-refractivity contribution >= 4 is 11.9 Å². The van der Waals surface area contributed by atoms with Crippen LogP contribution in [-0.2, 0) is 11.3 Å². The van der Waals surface area contributed by atoms with Crippen LogP contribution in [0, 0.1) is 0 Å². The van der Waals surface area contributed by atoms with E-state index < -0.39 is 5.97 Å². The molecule has 0 aliphatic heterocycles. The molecule has 0 radical (unpaired) electrons. The van der Waals surface area contributed by atoms with E-state index in [2.05, 4.69) is 10.1 Å². The molecule has 22 heavy (non-hydrogen) atoms. The predicted molar refractivity (Wildman–Crippen MR) is 78.8 cm³/mol. The number of furan rings is 1. The highest BCUT2D eigenvalue weighted by atomic mass is 16.5. The molecule has 1 amide bonds. The van der Waals surface area contributed by atoms with Gasteiger partial charge in [-0.15, -0.1) is 0 Å². The van der Waals surface area contributed by atoms with Crippen molar-refractivity contribution in [3.8, 4) is 5.75 Å². The fourth-order valence-corrected chi connectivity index (χ4v) is 1.79. The Balaban J connectivity index is 1.93. The average molecular weight is 303 g/mol. The lowest BCUT2D eigenvalue weighted by atomic mass is 10.2. The van der Waals surface area contributed by atoms with Gasteiger partial charge < -0.3 is 19.2 Å². The van der Waals surface area contributed by atoms with Crippen molar-refractivity contribution in [3.63, 3.8) is 0 Å². The molecular weight excluding hydrogens is 286 g/mol. The van der Waals surface area contributed by atoms with Gasteiger partial charge in [0.05, 0.1) is 7.11 Å². The minimum absolute atomic E-state index is 0.122. The minimum Gasteiger partial charge on any atom is -0.486 e. The van der Waals surface area contributed by atoms with Crippen LogP contribution in [-0.4, -0.2) is 25.5 Å². The molecule has 0 fully saturated rings. The molecule has 0 saturated heterocycles. The molecule has 0 saturated carbocycles. The van der Waals surface area contributed by atoms with Gasteiger partial charge in [0.25, 0.3) is 5.91 Å². The summed E-state index contributed by atoms with van der Waals surface area (Å²) in [6.45, 7) is 2.62. The molecule has 2 aromatic rings. The van der Waals surface area contributed by atoms with Crippen molar-refractivity contribution in [2.75, 3.05) is 13.7 Å². The number of methoxy groups -OCH3 is 1. The molecule has 1 N–H and O–H groups in total. The first-order valence-corrected chi connectivity index (χ1v) is 6.82. The lowest BCUT2D eigenvalue weighted by Gasteiger charge is -2.06. The third-order valence-electron chi connectivity index (χ3n) is 2.88. The Morgan fingerprint density at radius 1 is 1.14 bits per heavy atom. The van der Waals surface area contributed by atoms with E-state index in [-0.39, 0.29) is 18.3 Å². The first-order valence-electron chi connectivity index (χ1n) is 6.82. The summed E-state index contributed by atoms with van der Waals surface area (Å²) in [5, 5.41) is 2.72. The van der Waals surface area contributed by atoms with Crippen LogP contribution in [0.15, 0.2) is 40.8 Å². The van der Waals surface area contributed by atoms with Gasteiger partial charge in [0.1, 0.15) is 18.1 Å². The maximum absolute atomic E-state index is 11.6. The Morgan fingerprint density at radius 3 is 2.50 bits per heavy atom. The number of nitrogens with one attached hydrogen (secondary N) is 1. The van der Waals surface area contributed by atoms with Gasteiger partial charge in [-0.1, -0.05) is 0 Å². The Kier molecular flexibility index (Phi) is 5.19. The number of esters is 1. The van der Waals surface area contributed by atoms with Gasteiger partial charge in [-0.05, 0) is 43.3 Å². The number of benzene rings is 1. The Morgan fingerprint density at radius 2 is 1.86 bits per heavy atom. The smallest absolute Gasteiger partial charge is 0.373 e. The molecular formula is C16H17NO5. The van der Waals surface area contributed by atoms with Crippen LogP contribution in [0.4, 0.5) is 0 Å². The number of carbonyl (C=O) groups excluding carboxylic acids is 2. The molecule has 6 heteroatoms. The maximum Gasteiger partial charge on any atom is 0.373 e. The highest BCUT2D eigenvalue weighted by Crippen LogP contribution is 2.16. The van der Waals surface area contributed by atoms with Crippen molar-refractivity contribution < 1.29 is 23.5 Å². The Hall–Kier alpha value is -2.76. The maximum atomic E-state index is 11.6. The zero-order valence-electron chi connectivity index (χ0n) is 12.4. The summed E-state index contributed by atoms with van der Waals surface area (Å²) >= 11 is 0. The van der Waals surface area contributed by atoms with E-state index in [1.807, 2.05) is 6.92 Å². The molecule has 1 aromatic heterocycles. The van der Waals surface area contributed by atoms with Gasteiger partial charge in [0, 0.05) is 12.1 Å². The molecule has 1 aromatic carbocycles. The second-order valence-corrected chi connectivity index (χ2v) is 4.43. The molecule has 1 heterocycles. The first-order chi connectivity index (χ1) is 10.6. The van der Waals surface area contributed by atoms with E-state index in [0.717, 1.165) is 0 Å². The van der Waals surface area contributed by atoms with Crippen LogP contribution in [0.1, 0.15) is 33.6 Å². The van der Waals surface area contributed by atoms with Gasteiger partial charge in [-0.2, -0.15) is 0 Å². The zero-order chi connectivity index (χ0) is 15.9. The van der Waals surface area contributed by atoms with E-state index in [1.165, 1.54) is 13.2 Å². The van der Waals surface area contributed by atoms with E-state index >= 15 is 0 Å². The molecule has 0 atom stereocenters. The first kappa shape index (κ1) is 15.6. The van der Waals surface area contributed by atoms with Gasteiger partial charge in [-0.3, -0.25) is 4.79 Å². The molecule has 0 spiro atoms. The van der Waals surface area contributed by atoms with E-state index in [4.69, 9.17) is 9.15 Å². The molecule has 0 bridgehead atoms. The summed E-state index contributed by atoms with van der Waals surface area (Å²) in [5.74, 6) is 0.588. The zero-order valence-corrected chi connectivity index (χ0v) is 12.4. The largest absolute Gasteiger partial charge is 0.486 e. The number of hydrogen-bond acceptors (Lipinski definition) is 5. The van der Waals surface area contributed by atoms with Gasteiger partial charge >= 0.3 is 5.97 Å². The van der Waals surface area contributed by atoms with Crippen molar-refractivity contribution in [2.24, 2.45) is 0 Å². The normalized spacial score (nSPS) is 10.1. The molecule has 6 nitrogen and oxygen atoms in total. The number of carbonyl (C=O) groups is 2. The van der Waals surface area contributed by atoms with Crippen molar-refractivity contribution in [3.05, 3.63) is 53.5 Å². The van der Waals surface area contributed by atoms with Crippen molar-refractivity contribution in [1.82, 2.24) is 5.32 Å². The summed E-state index contributed by atoms with van der Waals surface area (Å²) in [6.07, 6.45) is 0. The van der Waals surface area contributed by atoms with Crippen LogP contribution < -0.4 is 10.1 Å². The highest BCUT2D eigenvalue weighted by molar-refractivity contribution is 5.94. The Bertz CT molecular complexity index is 645. The number of rotatable bonds is 6. The topological polar surface area (TPSA) is 77.8 Å². The predicted octanol–water partition coefficient (Wildman–Crippen LogP) is 2.39. The third kappa shape index (κ3) is 3.88. The molecule has 0 aliphatic carbocycles. The number of ether oxygens (including phenoxy) is 2. The third-order valence-corrected chi connectivity index (χ3v) is 2.88. The summed E-state index contributed by atoms with van der Waals surface area (Å²) in [6, 6.07) is 9.95. The average Bonchev–Trinajstić information content (AvgIpc) is 3.02. The van der Waals surface area contributed by atoms with E-state index in [9.17, 15) is 9.59 Å². The van der Waals surface area contributed by atoms with Crippen LogP contribution in [0.25, 0.3) is 0 Å². The van der Waals surface area contributed by atoms with Crippen LogP contribution >= 0.6 is 0 Å². The van der Waals surface area contributed by atoms with Gasteiger partial charge in [-0.25, -0.2) is 4.79 Å². The van der Waals surface area contributed by atoms with E-state index in [0.29, 0.717) is 23.6 Å². The molecule has 2 rings (SSSR count). The number of amides is 1. The summed E-state index contributed by atoms with van der Waals surface area (Å²) in [7, 11) is 1.29. The lowest BCUT2D eigenvalue weighted by Crippen LogP contribution is -2.22. The standard InChI is InChI=1S/C16H17NO5/c1-3-17-15(18)11-4-6-12(7-5-11)21-10-13-8-9-14(22-13)16(19)20-2/h4-9H,3,10H2,1-2H3,(H,17,18). The van der Waals surface area contributed by atoms with Crippen LogP contribution in [0.3, 0.4) is 0 Å². The second kappa shape index (κ2) is 7.31. The highest BCUT2D eigenvalue weighted by Gasteiger charge is 2.11. The van der Waals surface area contributed by atoms with Crippen molar-refractivity contribution in [2.45, 2.75) is 13.5 Å². The summed E-state index contributed by atoms with van der Waals surface area (Å²) in [5.41, 5.74) is 0.570. The van der Waals surface area contributed by atoms with Gasteiger partial charge in [0.15, 0.2) is 0 Å². The van der Waals surface area contributed by atoms with Gasteiger partial charge in [0.2, 0.25) is 5.76 Å². The quantitative estimate of drug-likeness (QED) is 0.829. The lowest BCUT2D eigenvalue weighted by molar-refractivity contribution is 0.0561. The fourth-order valence-electron chi connectivity index (χ4n) is 1.79. The Labute approximate surface area is 128 Å². The fraction of sp³-hybridized carbons (Fsp3) is 0.250. The second-order valence-electron chi connectivity index (χ2n) is 4.43. The molecule has 0 unspecified atom stereocenters. The van der Waals surface area contributed by atoms with Crippen molar-refractivity contribution in [1.29, 1.82) is 0 Å². The summed E-state index contributed by atoms with van der Waals surface area (Å²) < 4.78 is 15.4. The summed E-state index contributed by atoms with van der Waals surface area (Å²) in [4.78, 5) is 22.9. The molecule has 0 aliphatic rings. The van der Waals surface area contributed by atoms with Crippen LogP contribution in [0.2, 0.25) is 0 Å². The molecule has 116 valence electrons. The minimum atomic E-state index is -0.530. The van der Waals surface area contributed by atoms with Crippen LogP contribution in [0.5, 0.6) is 5.75 Å².